The quantitative estimate of drug-likeness (QED) is 0.804. The summed E-state index contributed by atoms with van der Waals surface area (Å²) in [6.45, 7) is 4.52. The molecule has 2 saturated carbocycles. The number of aliphatic hydroxyl groups excluding tert-OH is 1. The number of fused-ring (bicyclic) bond motifs is 1. The van der Waals surface area contributed by atoms with Crippen LogP contribution in [0.2, 0.25) is 0 Å². The van der Waals surface area contributed by atoms with E-state index in [2.05, 4.69) is 17.4 Å². The summed E-state index contributed by atoms with van der Waals surface area (Å²) in [5.41, 5.74) is 1.25. The van der Waals surface area contributed by atoms with Crippen LogP contribution in [-0.2, 0) is 20.7 Å². The normalized spacial score (nSPS) is 36.9. The van der Waals surface area contributed by atoms with Crippen molar-refractivity contribution in [2.75, 3.05) is 6.54 Å². The standard InChI is InChI=1S/C22H31NO4/c1-22(2)26-19-16(13-18(24)20(19)27-22)10-15-11-17(12-15)21(25)23-9-8-14-6-4-3-5-7-14/h3-7,15-20,24H,8-13H2,1-2H3,(H,23,25)/t15?,16-,17?,18-,19+,20-/m0/s1. The molecule has 1 amide bonds. The molecule has 0 aromatic heterocycles. The molecule has 1 aliphatic heterocycles. The number of ether oxygens (including phenoxy) is 2. The third kappa shape index (κ3) is 4.20. The van der Waals surface area contributed by atoms with Gasteiger partial charge in [-0.1, -0.05) is 30.3 Å². The lowest BCUT2D eigenvalue weighted by molar-refractivity contribution is -0.167. The zero-order valence-electron chi connectivity index (χ0n) is 16.3. The van der Waals surface area contributed by atoms with Crippen molar-refractivity contribution < 1.29 is 19.4 Å². The van der Waals surface area contributed by atoms with Gasteiger partial charge in [0.05, 0.1) is 12.2 Å². The second kappa shape index (κ2) is 7.53. The Morgan fingerprint density at radius 3 is 2.59 bits per heavy atom. The summed E-state index contributed by atoms with van der Waals surface area (Å²) >= 11 is 0. The summed E-state index contributed by atoms with van der Waals surface area (Å²) < 4.78 is 11.9. The predicted octanol–water partition coefficient (Wildman–Crippen LogP) is 2.66. The first-order valence-corrected chi connectivity index (χ1v) is 10.3. The van der Waals surface area contributed by atoms with E-state index in [4.69, 9.17) is 9.47 Å². The summed E-state index contributed by atoms with van der Waals surface area (Å²) in [5, 5.41) is 13.3. The van der Waals surface area contributed by atoms with Crippen LogP contribution in [0.3, 0.4) is 0 Å². The molecule has 1 aromatic carbocycles. The number of rotatable bonds is 6. The lowest BCUT2D eigenvalue weighted by Crippen LogP contribution is -2.40. The van der Waals surface area contributed by atoms with Crippen LogP contribution in [0, 0.1) is 17.8 Å². The first-order chi connectivity index (χ1) is 12.9. The van der Waals surface area contributed by atoms with Crippen LogP contribution < -0.4 is 5.32 Å². The lowest BCUT2D eigenvalue weighted by atomic mass is 9.70. The van der Waals surface area contributed by atoms with E-state index in [0.29, 0.717) is 18.4 Å². The fraction of sp³-hybridized carbons (Fsp3) is 0.682. The van der Waals surface area contributed by atoms with Gasteiger partial charge in [-0.3, -0.25) is 4.79 Å². The molecular weight excluding hydrogens is 342 g/mol. The maximum atomic E-state index is 12.3. The molecule has 1 saturated heterocycles. The van der Waals surface area contributed by atoms with E-state index in [1.807, 2.05) is 32.0 Å². The van der Waals surface area contributed by atoms with Crippen LogP contribution in [-0.4, -0.2) is 41.7 Å². The average molecular weight is 373 g/mol. The van der Waals surface area contributed by atoms with Gasteiger partial charge < -0.3 is 19.9 Å². The first-order valence-electron chi connectivity index (χ1n) is 10.3. The molecule has 0 radical (unpaired) electrons. The Bertz CT molecular complexity index is 656. The molecular formula is C22H31NO4. The number of carbonyl (C=O) groups is 1. The lowest BCUT2D eigenvalue weighted by Gasteiger charge is -2.36. The average Bonchev–Trinajstić information content (AvgIpc) is 3.05. The predicted molar refractivity (Wildman–Crippen MR) is 102 cm³/mol. The SMILES string of the molecule is CC1(C)O[C@@H]2[C@@H](CC3CC(C(=O)NCCc4ccccc4)C3)C[C@H](O)[C@@H]2O1. The Morgan fingerprint density at radius 2 is 1.85 bits per heavy atom. The van der Waals surface area contributed by atoms with Crippen molar-refractivity contribution in [2.45, 2.75) is 70.1 Å². The Labute approximate surface area is 161 Å². The zero-order chi connectivity index (χ0) is 19.0. The Hall–Kier alpha value is -1.43. The van der Waals surface area contributed by atoms with Gasteiger partial charge in [0.15, 0.2) is 5.79 Å². The van der Waals surface area contributed by atoms with Crippen molar-refractivity contribution in [3.63, 3.8) is 0 Å². The third-order valence-electron chi connectivity index (χ3n) is 6.35. The number of nitrogens with one attached hydrogen (secondary N) is 1. The number of aliphatic hydroxyl groups is 1. The van der Waals surface area contributed by atoms with Gasteiger partial charge in [0.25, 0.3) is 0 Å². The largest absolute Gasteiger partial charge is 0.390 e. The highest BCUT2D eigenvalue weighted by atomic mass is 16.8. The minimum absolute atomic E-state index is 0.00579. The van der Waals surface area contributed by atoms with Gasteiger partial charge in [0.2, 0.25) is 5.91 Å². The van der Waals surface area contributed by atoms with Crippen molar-refractivity contribution in [1.29, 1.82) is 0 Å². The van der Waals surface area contributed by atoms with Gasteiger partial charge in [-0.05, 0) is 63.4 Å². The molecule has 1 heterocycles. The van der Waals surface area contributed by atoms with Gasteiger partial charge in [0.1, 0.15) is 6.10 Å². The molecule has 2 aliphatic carbocycles. The van der Waals surface area contributed by atoms with E-state index in [0.717, 1.165) is 32.1 Å². The fourth-order valence-corrected chi connectivity index (χ4v) is 4.98. The van der Waals surface area contributed by atoms with E-state index >= 15 is 0 Å². The molecule has 0 unspecified atom stereocenters. The Balaban J connectivity index is 1.18. The van der Waals surface area contributed by atoms with Crippen LogP contribution in [0.25, 0.3) is 0 Å². The number of carbonyl (C=O) groups excluding carboxylic acids is 1. The van der Waals surface area contributed by atoms with E-state index in [9.17, 15) is 9.90 Å². The highest BCUT2D eigenvalue weighted by molar-refractivity contribution is 5.79. The third-order valence-corrected chi connectivity index (χ3v) is 6.35. The van der Waals surface area contributed by atoms with Crippen LogP contribution in [0.1, 0.15) is 45.1 Å². The Kier molecular flexibility index (Phi) is 5.28. The van der Waals surface area contributed by atoms with Gasteiger partial charge in [0, 0.05) is 12.5 Å². The van der Waals surface area contributed by atoms with Crippen LogP contribution in [0.5, 0.6) is 0 Å². The fourth-order valence-electron chi connectivity index (χ4n) is 4.98. The molecule has 1 aromatic rings. The number of benzene rings is 1. The molecule has 5 heteroatoms. The molecule has 3 fully saturated rings. The van der Waals surface area contributed by atoms with Crippen molar-refractivity contribution in [1.82, 2.24) is 5.32 Å². The molecule has 0 spiro atoms. The second-order valence-corrected chi connectivity index (χ2v) is 8.92. The van der Waals surface area contributed by atoms with Crippen LogP contribution in [0.15, 0.2) is 30.3 Å². The molecule has 4 rings (SSSR count). The topological polar surface area (TPSA) is 67.8 Å². The summed E-state index contributed by atoms with van der Waals surface area (Å²) in [7, 11) is 0. The Morgan fingerprint density at radius 1 is 1.15 bits per heavy atom. The summed E-state index contributed by atoms with van der Waals surface area (Å²) in [5.74, 6) is 0.616. The van der Waals surface area contributed by atoms with Crippen molar-refractivity contribution in [2.24, 2.45) is 17.8 Å². The minimum Gasteiger partial charge on any atom is -0.390 e. The maximum absolute atomic E-state index is 12.3. The van der Waals surface area contributed by atoms with Crippen molar-refractivity contribution in [3.05, 3.63) is 35.9 Å². The number of amides is 1. The van der Waals surface area contributed by atoms with E-state index in [-0.39, 0.29) is 24.0 Å². The number of hydrogen-bond donors (Lipinski definition) is 2. The molecule has 27 heavy (non-hydrogen) atoms. The second-order valence-electron chi connectivity index (χ2n) is 8.92. The van der Waals surface area contributed by atoms with Gasteiger partial charge in [-0.2, -0.15) is 0 Å². The van der Waals surface area contributed by atoms with Gasteiger partial charge >= 0.3 is 0 Å². The van der Waals surface area contributed by atoms with Crippen molar-refractivity contribution >= 4 is 5.91 Å². The highest BCUT2D eigenvalue weighted by Crippen LogP contribution is 2.47. The van der Waals surface area contributed by atoms with E-state index in [1.165, 1.54) is 5.56 Å². The van der Waals surface area contributed by atoms with Crippen molar-refractivity contribution in [3.8, 4) is 0 Å². The minimum atomic E-state index is -0.601. The van der Waals surface area contributed by atoms with E-state index < -0.39 is 11.9 Å². The van der Waals surface area contributed by atoms with Crippen LogP contribution in [0.4, 0.5) is 0 Å². The summed E-state index contributed by atoms with van der Waals surface area (Å²) in [6.07, 6.45) is 3.91. The maximum Gasteiger partial charge on any atom is 0.223 e. The van der Waals surface area contributed by atoms with Crippen LogP contribution >= 0.6 is 0 Å². The number of hydrogen-bond acceptors (Lipinski definition) is 4. The van der Waals surface area contributed by atoms with E-state index in [1.54, 1.807) is 0 Å². The zero-order valence-corrected chi connectivity index (χ0v) is 16.3. The molecule has 2 N–H and O–H groups in total. The highest BCUT2D eigenvalue weighted by Gasteiger charge is 2.54. The smallest absolute Gasteiger partial charge is 0.223 e. The first kappa shape index (κ1) is 18.9. The molecule has 3 aliphatic rings. The molecule has 4 atom stereocenters. The molecule has 0 bridgehead atoms. The summed E-state index contributed by atoms with van der Waals surface area (Å²) in [6, 6.07) is 10.2. The molecule has 5 nitrogen and oxygen atoms in total. The van der Waals surface area contributed by atoms with Gasteiger partial charge in [-0.15, -0.1) is 0 Å². The van der Waals surface area contributed by atoms with Gasteiger partial charge in [-0.25, -0.2) is 0 Å². The monoisotopic (exact) mass is 373 g/mol. The molecule has 148 valence electrons. The summed E-state index contributed by atoms with van der Waals surface area (Å²) in [4.78, 5) is 12.3.